The zero-order valence-corrected chi connectivity index (χ0v) is 17.8. The highest BCUT2D eigenvalue weighted by molar-refractivity contribution is 4.94. The number of rotatable bonds is 12. The zero-order chi connectivity index (χ0) is 18.2. The topological polar surface area (TPSA) is 0 Å². The number of hydrogen-bond donors (Lipinski definition) is 0. The van der Waals surface area contributed by atoms with Crippen molar-refractivity contribution in [3.63, 3.8) is 0 Å². The second-order valence-corrected chi connectivity index (χ2v) is 8.70. The molecule has 23 heavy (non-hydrogen) atoms. The van der Waals surface area contributed by atoms with Gasteiger partial charge in [-0.2, -0.15) is 0 Å². The minimum absolute atomic E-state index is 0.797. The van der Waals surface area contributed by atoms with Gasteiger partial charge in [0.2, 0.25) is 0 Å². The Morgan fingerprint density at radius 2 is 1.09 bits per heavy atom. The summed E-state index contributed by atoms with van der Waals surface area (Å²) in [4.78, 5) is 0. The fourth-order valence-electron chi connectivity index (χ4n) is 4.02. The Kier molecular flexibility index (Phi) is 11.2. The molecule has 0 amide bonds. The molecule has 0 saturated carbocycles. The van der Waals surface area contributed by atoms with Gasteiger partial charge in [-0.3, -0.25) is 0 Å². The van der Waals surface area contributed by atoms with Crippen molar-refractivity contribution >= 4 is 0 Å². The molecule has 7 unspecified atom stereocenters. The highest BCUT2D eigenvalue weighted by Gasteiger charge is 2.30. The van der Waals surface area contributed by atoms with Crippen molar-refractivity contribution in [3.05, 3.63) is 12.2 Å². The van der Waals surface area contributed by atoms with Crippen molar-refractivity contribution in [2.75, 3.05) is 0 Å². The molecule has 0 rings (SSSR count). The molecular formula is C23H46. The molecule has 7 atom stereocenters. The molecule has 0 bridgehead atoms. The normalized spacial score (nSPS) is 21.1. The van der Waals surface area contributed by atoms with Gasteiger partial charge in [-0.1, -0.05) is 87.3 Å². The molecule has 138 valence electrons. The minimum atomic E-state index is 0.797. The summed E-state index contributed by atoms with van der Waals surface area (Å²) in [5.41, 5.74) is 1.45. The molecule has 0 nitrogen and oxygen atoms in total. The summed E-state index contributed by atoms with van der Waals surface area (Å²) in [6.07, 6.45) is 6.28. The minimum Gasteiger partial charge on any atom is -0.0999 e. The summed E-state index contributed by atoms with van der Waals surface area (Å²) in [6.45, 7) is 26.1. The van der Waals surface area contributed by atoms with Crippen LogP contribution in [0.2, 0.25) is 0 Å². The Morgan fingerprint density at radius 3 is 1.52 bits per heavy atom. The first-order valence-corrected chi connectivity index (χ1v) is 10.3. The van der Waals surface area contributed by atoms with Crippen molar-refractivity contribution in [2.24, 2.45) is 41.4 Å². The average molecular weight is 323 g/mol. The van der Waals surface area contributed by atoms with Gasteiger partial charge < -0.3 is 0 Å². The molecule has 0 aromatic heterocycles. The fourth-order valence-corrected chi connectivity index (χ4v) is 4.02. The van der Waals surface area contributed by atoms with E-state index in [0.29, 0.717) is 0 Å². The average Bonchev–Trinajstić information content (AvgIpc) is 2.55. The lowest BCUT2D eigenvalue weighted by Gasteiger charge is -2.38. The van der Waals surface area contributed by atoms with E-state index in [1.54, 1.807) is 0 Å². The zero-order valence-electron chi connectivity index (χ0n) is 17.8. The van der Waals surface area contributed by atoms with Gasteiger partial charge in [0.15, 0.2) is 0 Å². The van der Waals surface area contributed by atoms with Crippen LogP contribution in [0, 0.1) is 41.4 Å². The highest BCUT2D eigenvalue weighted by Crippen LogP contribution is 2.38. The Balaban J connectivity index is 4.55. The van der Waals surface area contributed by atoms with Crippen LogP contribution in [0.3, 0.4) is 0 Å². The van der Waals surface area contributed by atoms with E-state index in [1.807, 2.05) is 0 Å². The molecule has 0 aliphatic heterocycles. The summed E-state index contributed by atoms with van der Waals surface area (Å²) in [6, 6.07) is 0. The predicted molar refractivity (Wildman–Crippen MR) is 108 cm³/mol. The van der Waals surface area contributed by atoms with Crippen molar-refractivity contribution in [2.45, 2.75) is 94.4 Å². The third-order valence-corrected chi connectivity index (χ3v) is 7.31. The molecule has 0 saturated heterocycles. The van der Waals surface area contributed by atoms with Gasteiger partial charge in [0.1, 0.15) is 0 Å². The SMILES string of the molecule is C=C(CCC)CCC(C)C(C)C(C)C(C)C(C)C(C)C(C)CC. The van der Waals surface area contributed by atoms with Crippen molar-refractivity contribution < 1.29 is 0 Å². The maximum atomic E-state index is 4.24. The van der Waals surface area contributed by atoms with E-state index in [-0.39, 0.29) is 0 Å². The monoisotopic (exact) mass is 322 g/mol. The Morgan fingerprint density at radius 1 is 0.652 bits per heavy atom. The van der Waals surface area contributed by atoms with Gasteiger partial charge in [0.25, 0.3) is 0 Å². The lowest BCUT2D eigenvalue weighted by molar-refractivity contribution is 0.115. The first-order chi connectivity index (χ1) is 10.7. The Hall–Kier alpha value is -0.260. The van der Waals surface area contributed by atoms with Crippen LogP contribution in [0.5, 0.6) is 0 Å². The van der Waals surface area contributed by atoms with Crippen LogP contribution < -0.4 is 0 Å². The molecule has 0 aliphatic carbocycles. The van der Waals surface area contributed by atoms with Crippen molar-refractivity contribution in [1.29, 1.82) is 0 Å². The van der Waals surface area contributed by atoms with Gasteiger partial charge in [-0.25, -0.2) is 0 Å². The van der Waals surface area contributed by atoms with E-state index >= 15 is 0 Å². The maximum Gasteiger partial charge on any atom is -0.0320 e. The molecule has 0 radical (unpaired) electrons. The third-order valence-electron chi connectivity index (χ3n) is 7.31. The summed E-state index contributed by atoms with van der Waals surface area (Å²) in [7, 11) is 0. The lowest BCUT2D eigenvalue weighted by Crippen LogP contribution is -2.31. The first-order valence-electron chi connectivity index (χ1n) is 10.3. The van der Waals surface area contributed by atoms with Gasteiger partial charge in [0.05, 0.1) is 0 Å². The van der Waals surface area contributed by atoms with E-state index in [2.05, 4.69) is 68.9 Å². The van der Waals surface area contributed by atoms with Crippen LogP contribution in [-0.4, -0.2) is 0 Å². The summed E-state index contributed by atoms with van der Waals surface area (Å²) in [5, 5.41) is 0. The molecule has 0 aromatic rings. The van der Waals surface area contributed by atoms with Gasteiger partial charge in [-0.15, -0.1) is 0 Å². The third kappa shape index (κ3) is 7.44. The molecular weight excluding hydrogens is 276 g/mol. The Labute approximate surface area is 148 Å². The largest absolute Gasteiger partial charge is 0.0999 e. The predicted octanol–water partition coefficient (Wildman–Crippen LogP) is 7.99. The standard InChI is InChI=1S/C23H46/c1-11-13-16(3)14-15-18(5)20(7)22(9)23(10)21(8)19(6)17(4)12-2/h17-23H,3,11-15H2,1-2,4-10H3. The quantitative estimate of drug-likeness (QED) is 0.319. The Bertz CT molecular complexity index is 316. The number of hydrogen-bond acceptors (Lipinski definition) is 0. The lowest BCUT2D eigenvalue weighted by atomic mass is 9.68. The van der Waals surface area contributed by atoms with E-state index in [4.69, 9.17) is 0 Å². The van der Waals surface area contributed by atoms with Crippen LogP contribution in [0.4, 0.5) is 0 Å². The maximum absolute atomic E-state index is 4.24. The van der Waals surface area contributed by atoms with E-state index in [0.717, 1.165) is 41.4 Å². The van der Waals surface area contributed by atoms with Crippen molar-refractivity contribution in [1.82, 2.24) is 0 Å². The van der Waals surface area contributed by atoms with Crippen LogP contribution in [0.15, 0.2) is 12.2 Å². The summed E-state index contributed by atoms with van der Waals surface area (Å²) in [5.74, 6) is 5.66. The molecule has 0 aromatic carbocycles. The van der Waals surface area contributed by atoms with Crippen LogP contribution in [-0.2, 0) is 0 Å². The van der Waals surface area contributed by atoms with E-state index in [9.17, 15) is 0 Å². The van der Waals surface area contributed by atoms with Gasteiger partial charge >= 0.3 is 0 Å². The van der Waals surface area contributed by atoms with E-state index < -0.39 is 0 Å². The van der Waals surface area contributed by atoms with E-state index in [1.165, 1.54) is 37.7 Å². The molecule has 0 heterocycles. The summed E-state index contributed by atoms with van der Waals surface area (Å²) >= 11 is 0. The second-order valence-electron chi connectivity index (χ2n) is 8.70. The first kappa shape index (κ1) is 22.7. The van der Waals surface area contributed by atoms with Crippen LogP contribution in [0.1, 0.15) is 94.4 Å². The molecule has 0 aliphatic rings. The van der Waals surface area contributed by atoms with Gasteiger partial charge in [-0.05, 0) is 60.7 Å². The van der Waals surface area contributed by atoms with Crippen LogP contribution >= 0.6 is 0 Å². The molecule has 0 heteroatoms. The van der Waals surface area contributed by atoms with Crippen molar-refractivity contribution in [3.8, 4) is 0 Å². The molecule has 0 N–H and O–H groups in total. The number of allylic oxidation sites excluding steroid dienone is 1. The van der Waals surface area contributed by atoms with Gasteiger partial charge in [0, 0.05) is 0 Å². The molecule has 0 spiro atoms. The molecule has 0 fully saturated rings. The smallest absolute Gasteiger partial charge is 0.0320 e. The fraction of sp³-hybridized carbons (Fsp3) is 0.913. The highest BCUT2D eigenvalue weighted by atomic mass is 14.4. The summed E-state index contributed by atoms with van der Waals surface area (Å²) < 4.78 is 0. The second kappa shape index (κ2) is 11.3. The van der Waals surface area contributed by atoms with Crippen LogP contribution in [0.25, 0.3) is 0 Å².